The fraction of sp³-hybridized carbons (Fsp3) is 0.680. The Labute approximate surface area is 164 Å². The van der Waals surface area contributed by atoms with Gasteiger partial charge in [0.25, 0.3) is 0 Å². The number of allylic oxidation sites excluding steroid dienone is 5. The molecular formula is C25H36O2. The van der Waals surface area contributed by atoms with Gasteiger partial charge in [-0.25, -0.2) is 0 Å². The molecule has 0 radical (unpaired) electrons. The molecule has 0 unspecified atom stereocenters. The zero-order valence-corrected chi connectivity index (χ0v) is 17.1. The molecule has 27 heavy (non-hydrogen) atoms. The van der Waals surface area contributed by atoms with E-state index in [9.17, 15) is 10.2 Å². The van der Waals surface area contributed by atoms with Crippen molar-refractivity contribution in [2.75, 3.05) is 0 Å². The van der Waals surface area contributed by atoms with Crippen LogP contribution in [0.3, 0.4) is 0 Å². The SMILES string of the molecule is C=C1/C(=C\C=C2/CCC[C@]3(C)[C@@H]([C@@H](C)C=C4CC4)CC[C@@H]23)C[C@@H](O)C[C@@H]1O. The maximum absolute atomic E-state index is 10.1. The molecule has 0 aromatic carbocycles. The third-order valence-corrected chi connectivity index (χ3v) is 7.97. The molecule has 4 saturated carbocycles. The van der Waals surface area contributed by atoms with Gasteiger partial charge in [0.15, 0.2) is 0 Å². The third kappa shape index (κ3) is 3.76. The van der Waals surface area contributed by atoms with Gasteiger partial charge in [0, 0.05) is 6.42 Å². The number of hydrogen-bond donors (Lipinski definition) is 2. The van der Waals surface area contributed by atoms with Crippen molar-refractivity contribution in [3.8, 4) is 0 Å². The lowest BCUT2D eigenvalue weighted by Gasteiger charge is -2.44. The lowest BCUT2D eigenvalue weighted by Crippen LogP contribution is -2.35. The molecule has 4 aliphatic rings. The van der Waals surface area contributed by atoms with Gasteiger partial charge in [-0.2, -0.15) is 0 Å². The summed E-state index contributed by atoms with van der Waals surface area (Å²) < 4.78 is 0. The van der Waals surface area contributed by atoms with Crippen molar-refractivity contribution in [1.29, 1.82) is 0 Å². The Hall–Kier alpha value is -1.12. The topological polar surface area (TPSA) is 40.5 Å². The van der Waals surface area contributed by atoms with Crippen LogP contribution in [0.4, 0.5) is 0 Å². The second-order valence-corrected chi connectivity index (χ2v) is 9.85. The average Bonchev–Trinajstić information content (AvgIpc) is 3.35. The smallest absolute Gasteiger partial charge is 0.0811 e. The summed E-state index contributed by atoms with van der Waals surface area (Å²) >= 11 is 0. The molecule has 0 aliphatic heterocycles. The van der Waals surface area contributed by atoms with Crippen molar-refractivity contribution in [1.82, 2.24) is 0 Å². The summed E-state index contributed by atoms with van der Waals surface area (Å²) in [5, 5.41) is 20.1. The average molecular weight is 369 g/mol. The van der Waals surface area contributed by atoms with E-state index >= 15 is 0 Å². The van der Waals surface area contributed by atoms with Gasteiger partial charge in [-0.05, 0) is 85.7 Å². The lowest BCUT2D eigenvalue weighted by molar-refractivity contribution is 0.0862. The van der Waals surface area contributed by atoms with Crippen LogP contribution in [0.5, 0.6) is 0 Å². The van der Waals surface area contributed by atoms with Gasteiger partial charge in [-0.1, -0.05) is 49.8 Å². The Morgan fingerprint density at radius 2 is 1.93 bits per heavy atom. The fourth-order valence-electron chi connectivity index (χ4n) is 6.33. The third-order valence-electron chi connectivity index (χ3n) is 7.97. The van der Waals surface area contributed by atoms with Crippen LogP contribution in [0.2, 0.25) is 0 Å². The van der Waals surface area contributed by atoms with Crippen LogP contribution in [-0.4, -0.2) is 22.4 Å². The molecule has 2 nitrogen and oxygen atoms in total. The molecule has 148 valence electrons. The van der Waals surface area contributed by atoms with E-state index in [4.69, 9.17) is 0 Å². The van der Waals surface area contributed by atoms with E-state index in [1.165, 1.54) is 44.9 Å². The normalized spacial score (nSPS) is 43.1. The van der Waals surface area contributed by atoms with Gasteiger partial charge in [0.05, 0.1) is 12.2 Å². The van der Waals surface area contributed by atoms with Gasteiger partial charge in [-0.3, -0.25) is 0 Å². The highest BCUT2D eigenvalue weighted by Crippen LogP contribution is 2.59. The van der Waals surface area contributed by atoms with Crippen molar-refractivity contribution in [3.63, 3.8) is 0 Å². The van der Waals surface area contributed by atoms with Crippen LogP contribution in [0, 0.1) is 23.2 Å². The number of rotatable bonds is 3. The summed E-state index contributed by atoms with van der Waals surface area (Å²) in [5.74, 6) is 2.21. The van der Waals surface area contributed by atoms with Gasteiger partial charge in [0.2, 0.25) is 0 Å². The van der Waals surface area contributed by atoms with Gasteiger partial charge in [0.1, 0.15) is 0 Å². The molecule has 0 bridgehead atoms. The maximum Gasteiger partial charge on any atom is 0.0811 e. The molecule has 0 saturated heterocycles. The van der Waals surface area contributed by atoms with E-state index in [0.717, 1.165) is 17.1 Å². The van der Waals surface area contributed by atoms with E-state index in [1.807, 2.05) is 0 Å². The van der Waals surface area contributed by atoms with Crippen LogP contribution in [0.1, 0.15) is 71.6 Å². The fourth-order valence-corrected chi connectivity index (χ4v) is 6.33. The first-order valence-electron chi connectivity index (χ1n) is 11.0. The van der Waals surface area contributed by atoms with Crippen molar-refractivity contribution >= 4 is 0 Å². The number of hydrogen-bond acceptors (Lipinski definition) is 2. The Kier molecular flexibility index (Phi) is 5.24. The molecule has 0 heterocycles. The monoisotopic (exact) mass is 368 g/mol. The van der Waals surface area contributed by atoms with Crippen molar-refractivity contribution < 1.29 is 10.2 Å². The first-order chi connectivity index (χ1) is 12.9. The summed E-state index contributed by atoms with van der Waals surface area (Å²) in [4.78, 5) is 0. The highest BCUT2D eigenvalue weighted by Gasteiger charge is 2.50. The van der Waals surface area contributed by atoms with E-state index in [-0.39, 0.29) is 0 Å². The van der Waals surface area contributed by atoms with Crippen LogP contribution in [0.25, 0.3) is 0 Å². The van der Waals surface area contributed by atoms with Crippen molar-refractivity contribution in [2.45, 2.75) is 83.8 Å². The first-order valence-corrected chi connectivity index (χ1v) is 11.0. The molecular weight excluding hydrogens is 332 g/mol. The van der Waals surface area contributed by atoms with Gasteiger partial charge < -0.3 is 10.2 Å². The highest BCUT2D eigenvalue weighted by molar-refractivity contribution is 5.38. The van der Waals surface area contributed by atoms with Crippen molar-refractivity contribution in [3.05, 3.63) is 47.1 Å². The zero-order valence-electron chi connectivity index (χ0n) is 17.1. The molecule has 2 N–H and O–H groups in total. The quantitative estimate of drug-likeness (QED) is 0.647. The van der Waals surface area contributed by atoms with Crippen molar-refractivity contribution in [2.24, 2.45) is 23.2 Å². The molecule has 0 aromatic heterocycles. The number of fused-ring (bicyclic) bond motifs is 1. The van der Waals surface area contributed by atoms with Crippen LogP contribution >= 0.6 is 0 Å². The summed E-state index contributed by atoms with van der Waals surface area (Å²) in [5.41, 5.74) is 5.52. The standard InChI is InChI=1S/C25H36O2/c1-16(13-18-6-7-18)22-10-11-23-19(5-4-12-25(22,23)3)8-9-20-14-21(26)15-24(27)17(20)2/h8-9,13,16,21-24,26-27H,2,4-7,10-12,14-15H2,1,3H3/b19-8+,20-9-/t16-,21+,22+,23-,24-,25+/m0/s1. The maximum atomic E-state index is 10.1. The molecule has 4 rings (SSSR count). The van der Waals surface area contributed by atoms with Crippen LogP contribution in [0.15, 0.2) is 47.1 Å². The lowest BCUT2D eigenvalue weighted by atomic mass is 9.61. The van der Waals surface area contributed by atoms with Crippen LogP contribution < -0.4 is 0 Å². The second kappa shape index (κ2) is 7.37. The molecule has 6 atom stereocenters. The molecule has 2 heteroatoms. The largest absolute Gasteiger partial charge is 0.393 e. The van der Waals surface area contributed by atoms with E-state index < -0.39 is 12.2 Å². The molecule has 0 aromatic rings. The summed E-state index contributed by atoms with van der Waals surface area (Å²) in [6.45, 7) is 9.05. The first kappa shape index (κ1) is 19.2. The van der Waals surface area contributed by atoms with E-state index in [0.29, 0.717) is 30.1 Å². The summed E-state index contributed by atoms with van der Waals surface area (Å²) in [7, 11) is 0. The predicted octanol–water partition coefficient (Wildman–Crippen LogP) is 5.48. The van der Waals surface area contributed by atoms with E-state index in [1.54, 1.807) is 11.1 Å². The minimum Gasteiger partial charge on any atom is -0.393 e. The molecule has 4 fully saturated rings. The van der Waals surface area contributed by atoms with Gasteiger partial charge >= 0.3 is 0 Å². The molecule has 0 spiro atoms. The Bertz CT molecular complexity index is 691. The Balaban J connectivity index is 1.54. The summed E-state index contributed by atoms with van der Waals surface area (Å²) in [6.07, 6.45) is 16.2. The highest BCUT2D eigenvalue weighted by atomic mass is 16.3. The van der Waals surface area contributed by atoms with Crippen LogP contribution in [-0.2, 0) is 0 Å². The number of aliphatic hydroxyl groups excluding tert-OH is 2. The minimum absolute atomic E-state index is 0.419. The summed E-state index contributed by atoms with van der Waals surface area (Å²) in [6, 6.07) is 0. The minimum atomic E-state index is -0.595. The zero-order chi connectivity index (χ0) is 19.2. The Morgan fingerprint density at radius 1 is 1.15 bits per heavy atom. The van der Waals surface area contributed by atoms with Gasteiger partial charge in [-0.15, -0.1) is 0 Å². The predicted molar refractivity (Wildman–Crippen MR) is 111 cm³/mol. The molecule has 0 amide bonds. The second-order valence-electron chi connectivity index (χ2n) is 9.85. The Morgan fingerprint density at radius 3 is 2.67 bits per heavy atom. The molecule has 4 aliphatic carbocycles. The number of aliphatic hydroxyl groups is 2. The van der Waals surface area contributed by atoms with E-state index in [2.05, 4.69) is 38.7 Å².